The number of para-hydroxylation sites is 2. The molecule has 0 amide bonds. The number of aryl methyl sites for hydroxylation is 1. The third-order valence-electron chi connectivity index (χ3n) is 4.14. The Hall–Kier alpha value is -2.04. The van der Waals surface area contributed by atoms with Gasteiger partial charge in [0, 0.05) is 19.0 Å². The van der Waals surface area contributed by atoms with Gasteiger partial charge in [0.1, 0.15) is 11.6 Å². The predicted molar refractivity (Wildman–Crippen MR) is 94.0 cm³/mol. The van der Waals surface area contributed by atoms with Crippen LogP contribution in [0.4, 0.5) is 0 Å². The summed E-state index contributed by atoms with van der Waals surface area (Å²) in [7, 11) is 0. The van der Waals surface area contributed by atoms with E-state index in [2.05, 4.69) is 17.6 Å². The van der Waals surface area contributed by atoms with Gasteiger partial charge in [-0.1, -0.05) is 29.8 Å². The van der Waals surface area contributed by atoms with Crippen LogP contribution in [0.25, 0.3) is 11.0 Å². The zero-order valence-corrected chi connectivity index (χ0v) is 13.8. The Morgan fingerprint density at radius 1 is 1.26 bits per heavy atom. The second-order valence-corrected chi connectivity index (χ2v) is 6.03. The number of aromatic hydroxyl groups is 1. The van der Waals surface area contributed by atoms with Crippen molar-refractivity contribution in [2.24, 2.45) is 5.73 Å². The van der Waals surface area contributed by atoms with E-state index >= 15 is 0 Å². The minimum Gasteiger partial charge on any atom is -0.506 e. The number of fused-ring (bicyclic) bond motifs is 1. The lowest BCUT2D eigenvalue weighted by Gasteiger charge is -2.16. The van der Waals surface area contributed by atoms with Gasteiger partial charge in [0.25, 0.3) is 0 Å². The Morgan fingerprint density at radius 3 is 2.74 bits per heavy atom. The molecular formula is C18H20ClN3O. The van der Waals surface area contributed by atoms with Gasteiger partial charge in [0.05, 0.1) is 16.1 Å². The molecule has 0 saturated heterocycles. The number of halogens is 1. The average molecular weight is 330 g/mol. The number of imidazole rings is 1. The molecule has 23 heavy (non-hydrogen) atoms. The monoisotopic (exact) mass is 329 g/mol. The molecule has 0 spiro atoms. The highest BCUT2D eigenvalue weighted by Crippen LogP contribution is 2.28. The van der Waals surface area contributed by atoms with Gasteiger partial charge in [0.15, 0.2) is 0 Å². The minimum atomic E-state index is 0.0977. The number of aromatic nitrogens is 2. The van der Waals surface area contributed by atoms with E-state index in [9.17, 15) is 5.11 Å². The van der Waals surface area contributed by atoms with Crippen LogP contribution < -0.4 is 5.73 Å². The standard InChI is InChI=1S/C18H20ClN3O/c1-2-22-16-6-4-3-5-15(16)21-18(22)13(11-20)9-12-7-8-17(23)14(19)10-12/h3-8,10,13,23H,2,9,11,20H2,1H3. The van der Waals surface area contributed by atoms with E-state index < -0.39 is 0 Å². The van der Waals surface area contributed by atoms with Crippen molar-refractivity contribution >= 4 is 22.6 Å². The molecule has 1 heterocycles. The summed E-state index contributed by atoms with van der Waals surface area (Å²) >= 11 is 6.01. The molecule has 0 saturated carbocycles. The van der Waals surface area contributed by atoms with Gasteiger partial charge in [-0.2, -0.15) is 0 Å². The van der Waals surface area contributed by atoms with Gasteiger partial charge in [-0.3, -0.25) is 0 Å². The van der Waals surface area contributed by atoms with Gasteiger partial charge in [0.2, 0.25) is 0 Å². The van der Waals surface area contributed by atoms with Crippen molar-refractivity contribution in [2.75, 3.05) is 6.54 Å². The van der Waals surface area contributed by atoms with Crippen molar-refractivity contribution in [2.45, 2.75) is 25.8 Å². The highest BCUT2D eigenvalue weighted by molar-refractivity contribution is 6.32. The van der Waals surface area contributed by atoms with Crippen LogP contribution >= 0.6 is 11.6 Å². The quantitative estimate of drug-likeness (QED) is 0.750. The largest absolute Gasteiger partial charge is 0.506 e. The maximum Gasteiger partial charge on any atom is 0.134 e. The minimum absolute atomic E-state index is 0.0977. The van der Waals surface area contributed by atoms with Crippen molar-refractivity contribution in [1.29, 1.82) is 0 Å². The third-order valence-corrected chi connectivity index (χ3v) is 4.45. The molecule has 1 atom stereocenters. The first-order valence-electron chi connectivity index (χ1n) is 7.76. The topological polar surface area (TPSA) is 64.1 Å². The Bertz CT molecular complexity index is 828. The van der Waals surface area contributed by atoms with E-state index in [1.807, 2.05) is 24.3 Å². The number of benzene rings is 2. The highest BCUT2D eigenvalue weighted by atomic mass is 35.5. The smallest absolute Gasteiger partial charge is 0.134 e. The molecule has 0 fully saturated rings. The average Bonchev–Trinajstić information content (AvgIpc) is 2.94. The zero-order chi connectivity index (χ0) is 16.4. The van der Waals surface area contributed by atoms with E-state index in [0.717, 1.165) is 35.4 Å². The summed E-state index contributed by atoms with van der Waals surface area (Å²) in [6, 6.07) is 13.4. The fourth-order valence-corrected chi connectivity index (χ4v) is 3.18. The predicted octanol–water partition coefficient (Wildman–Crippen LogP) is 3.70. The Morgan fingerprint density at radius 2 is 2.04 bits per heavy atom. The van der Waals surface area contributed by atoms with Crippen LogP contribution in [-0.4, -0.2) is 21.2 Å². The molecule has 3 N–H and O–H groups in total. The number of nitrogens with zero attached hydrogens (tertiary/aromatic N) is 2. The van der Waals surface area contributed by atoms with Crippen LogP contribution in [0.2, 0.25) is 5.02 Å². The lowest BCUT2D eigenvalue weighted by molar-refractivity contribution is 0.475. The molecular weight excluding hydrogens is 310 g/mol. The first-order chi connectivity index (χ1) is 11.1. The van der Waals surface area contributed by atoms with Crippen LogP contribution in [0.5, 0.6) is 5.75 Å². The summed E-state index contributed by atoms with van der Waals surface area (Å²) in [6.07, 6.45) is 0.736. The van der Waals surface area contributed by atoms with E-state index in [4.69, 9.17) is 22.3 Å². The van der Waals surface area contributed by atoms with Crippen molar-refractivity contribution < 1.29 is 5.11 Å². The molecule has 0 radical (unpaired) electrons. The highest BCUT2D eigenvalue weighted by Gasteiger charge is 2.19. The number of phenolic OH excluding ortho intramolecular Hbond substituents is 1. The molecule has 3 rings (SSSR count). The van der Waals surface area contributed by atoms with Crippen molar-refractivity contribution in [3.8, 4) is 5.75 Å². The molecule has 2 aromatic carbocycles. The second-order valence-electron chi connectivity index (χ2n) is 5.63. The van der Waals surface area contributed by atoms with Crippen molar-refractivity contribution in [1.82, 2.24) is 9.55 Å². The number of nitrogens with two attached hydrogens (primary N) is 1. The van der Waals surface area contributed by atoms with Gasteiger partial charge in [-0.15, -0.1) is 0 Å². The van der Waals surface area contributed by atoms with Crippen LogP contribution in [0, 0.1) is 0 Å². The van der Waals surface area contributed by atoms with Crippen LogP contribution in [0.1, 0.15) is 24.2 Å². The van der Waals surface area contributed by atoms with Crippen molar-refractivity contribution in [3.63, 3.8) is 0 Å². The molecule has 0 aliphatic heterocycles. The van der Waals surface area contributed by atoms with Gasteiger partial charge in [-0.25, -0.2) is 4.98 Å². The van der Waals surface area contributed by atoms with E-state index in [1.54, 1.807) is 12.1 Å². The molecule has 5 heteroatoms. The molecule has 1 aromatic heterocycles. The second kappa shape index (κ2) is 6.60. The van der Waals surface area contributed by atoms with Crippen LogP contribution in [-0.2, 0) is 13.0 Å². The fraction of sp³-hybridized carbons (Fsp3) is 0.278. The summed E-state index contributed by atoms with van der Waals surface area (Å²) < 4.78 is 2.22. The molecule has 0 aliphatic carbocycles. The van der Waals surface area contributed by atoms with E-state index in [0.29, 0.717) is 11.6 Å². The normalized spacial score (nSPS) is 12.7. The Balaban J connectivity index is 1.98. The van der Waals surface area contributed by atoms with Crippen molar-refractivity contribution in [3.05, 3.63) is 58.9 Å². The summed E-state index contributed by atoms with van der Waals surface area (Å²) in [5.41, 5.74) is 9.19. The van der Waals surface area contributed by atoms with Gasteiger partial charge < -0.3 is 15.4 Å². The molecule has 3 aromatic rings. The molecule has 0 bridgehead atoms. The van der Waals surface area contributed by atoms with Crippen LogP contribution in [0.3, 0.4) is 0 Å². The van der Waals surface area contributed by atoms with Crippen LogP contribution in [0.15, 0.2) is 42.5 Å². The van der Waals surface area contributed by atoms with Gasteiger partial charge in [-0.05, 0) is 43.2 Å². The summed E-state index contributed by atoms with van der Waals surface area (Å²) in [6.45, 7) is 3.47. The number of hydrogen-bond donors (Lipinski definition) is 2. The molecule has 120 valence electrons. The number of rotatable bonds is 5. The first-order valence-corrected chi connectivity index (χ1v) is 8.14. The summed E-state index contributed by atoms with van der Waals surface area (Å²) in [4.78, 5) is 4.79. The molecule has 1 unspecified atom stereocenters. The maximum atomic E-state index is 9.56. The Kier molecular flexibility index (Phi) is 4.55. The summed E-state index contributed by atoms with van der Waals surface area (Å²) in [5.74, 6) is 1.20. The third kappa shape index (κ3) is 3.05. The number of phenols is 1. The number of hydrogen-bond acceptors (Lipinski definition) is 3. The molecule has 0 aliphatic rings. The van der Waals surface area contributed by atoms with E-state index in [1.165, 1.54) is 0 Å². The lowest BCUT2D eigenvalue weighted by atomic mass is 9.98. The lowest BCUT2D eigenvalue weighted by Crippen LogP contribution is -2.19. The molecule has 4 nitrogen and oxygen atoms in total. The van der Waals surface area contributed by atoms with E-state index in [-0.39, 0.29) is 11.7 Å². The zero-order valence-electron chi connectivity index (χ0n) is 13.0. The maximum absolute atomic E-state index is 9.56. The summed E-state index contributed by atoms with van der Waals surface area (Å²) in [5, 5.41) is 9.92. The SMILES string of the molecule is CCn1c(C(CN)Cc2ccc(O)c(Cl)c2)nc2ccccc21. The fourth-order valence-electron chi connectivity index (χ4n) is 2.98. The first kappa shape index (κ1) is 15.8. The Labute approximate surface area is 140 Å². The van der Waals surface area contributed by atoms with Gasteiger partial charge >= 0.3 is 0 Å².